The maximum atomic E-state index is 6.04. The van der Waals surface area contributed by atoms with Gasteiger partial charge in [-0.05, 0) is 32.9 Å². The van der Waals surface area contributed by atoms with Crippen LogP contribution in [-0.4, -0.2) is 66.7 Å². The third kappa shape index (κ3) is 3.39. The Hall–Kier alpha value is -0.810. The quantitative estimate of drug-likeness (QED) is 0.777. The lowest BCUT2D eigenvalue weighted by Gasteiger charge is -2.32. The van der Waals surface area contributed by atoms with Crippen LogP contribution in [0.15, 0.2) is 4.99 Å². The number of nitrogens with two attached hydrogens (primary N) is 1. The zero-order valence-electron chi connectivity index (χ0n) is 12.5. The molecule has 2 heterocycles. The molecule has 1 saturated heterocycles. The summed E-state index contributed by atoms with van der Waals surface area (Å²) in [5, 5.41) is 0. The van der Waals surface area contributed by atoms with Crippen molar-refractivity contribution in [2.45, 2.75) is 51.9 Å². The van der Waals surface area contributed by atoms with E-state index in [1.54, 1.807) is 0 Å². The van der Waals surface area contributed by atoms with Crippen molar-refractivity contribution in [3.63, 3.8) is 0 Å². The first-order valence-electron chi connectivity index (χ1n) is 7.60. The van der Waals surface area contributed by atoms with Gasteiger partial charge in [0.25, 0.3) is 0 Å². The molecule has 0 bridgehead atoms. The molecule has 3 atom stereocenters. The van der Waals surface area contributed by atoms with E-state index in [1.165, 1.54) is 0 Å². The minimum Gasteiger partial charge on any atom is -0.373 e. The van der Waals surface area contributed by atoms with Crippen LogP contribution in [0.4, 0.5) is 0 Å². The average molecular weight is 268 g/mol. The van der Waals surface area contributed by atoms with Crippen LogP contribution in [0.25, 0.3) is 0 Å². The first-order chi connectivity index (χ1) is 9.15. The van der Waals surface area contributed by atoms with Gasteiger partial charge in [0.05, 0.1) is 24.8 Å². The zero-order valence-corrected chi connectivity index (χ0v) is 12.5. The molecule has 0 aromatic carbocycles. The van der Waals surface area contributed by atoms with E-state index < -0.39 is 0 Å². The van der Waals surface area contributed by atoms with E-state index in [2.05, 4.69) is 35.6 Å². The maximum Gasteiger partial charge on any atom is 0.191 e. The van der Waals surface area contributed by atoms with Crippen LogP contribution >= 0.6 is 0 Å². The van der Waals surface area contributed by atoms with Crippen molar-refractivity contribution >= 4 is 5.96 Å². The Labute approximate surface area is 116 Å². The number of nitrogens with zero attached hydrogens (tertiary/aromatic N) is 3. The smallest absolute Gasteiger partial charge is 0.191 e. The molecule has 19 heavy (non-hydrogen) atoms. The molecule has 1 fully saturated rings. The number of likely N-dealkylation sites (N-methyl/N-ethyl adjacent to an activating group) is 1. The van der Waals surface area contributed by atoms with E-state index in [0.29, 0.717) is 24.2 Å². The molecular formula is C14H28N4O. The zero-order chi connectivity index (χ0) is 13.8. The van der Waals surface area contributed by atoms with Gasteiger partial charge >= 0.3 is 0 Å². The lowest BCUT2D eigenvalue weighted by molar-refractivity contribution is 0.0158. The fourth-order valence-electron chi connectivity index (χ4n) is 3.05. The molecule has 5 nitrogen and oxygen atoms in total. The second-order valence-corrected chi connectivity index (χ2v) is 5.55. The predicted octanol–water partition coefficient (Wildman–Crippen LogP) is 0.895. The summed E-state index contributed by atoms with van der Waals surface area (Å²) in [5.74, 6) is 0.695. The van der Waals surface area contributed by atoms with E-state index >= 15 is 0 Å². The van der Waals surface area contributed by atoms with Gasteiger partial charge in [0.1, 0.15) is 0 Å². The SMILES string of the molecule is CCN(CC)CCN1C(N)=NCC1C1CCC(C)O1. The van der Waals surface area contributed by atoms with Gasteiger partial charge in [-0.3, -0.25) is 4.99 Å². The Morgan fingerprint density at radius 2 is 2.11 bits per heavy atom. The van der Waals surface area contributed by atoms with Crippen LogP contribution in [0, 0.1) is 0 Å². The van der Waals surface area contributed by atoms with E-state index in [1.807, 2.05) is 0 Å². The van der Waals surface area contributed by atoms with E-state index in [9.17, 15) is 0 Å². The van der Waals surface area contributed by atoms with Crippen LogP contribution in [0.2, 0.25) is 0 Å². The molecule has 2 aliphatic rings. The number of hydrogen-bond acceptors (Lipinski definition) is 5. The van der Waals surface area contributed by atoms with E-state index in [-0.39, 0.29) is 0 Å². The predicted molar refractivity (Wildman–Crippen MR) is 78.3 cm³/mol. The van der Waals surface area contributed by atoms with E-state index in [4.69, 9.17) is 10.5 Å². The minimum atomic E-state index is 0.302. The van der Waals surface area contributed by atoms with Crippen molar-refractivity contribution < 1.29 is 4.74 Å². The van der Waals surface area contributed by atoms with Crippen molar-refractivity contribution in [3.8, 4) is 0 Å². The number of hydrogen-bond donors (Lipinski definition) is 1. The fraction of sp³-hybridized carbons (Fsp3) is 0.929. The largest absolute Gasteiger partial charge is 0.373 e. The fourth-order valence-corrected chi connectivity index (χ4v) is 3.05. The normalized spacial score (nSPS) is 31.3. The molecule has 0 aliphatic carbocycles. The van der Waals surface area contributed by atoms with Crippen molar-refractivity contribution in [2.75, 3.05) is 32.7 Å². The Balaban J connectivity index is 1.90. The highest BCUT2D eigenvalue weighted by Gasteiger charge is 2.37. The highest BCUT2D eigenvalue weighted by molar-refractivity contribution is 5.80. The van der Waals surface area contributed by atoms with E-state index in [0.717, 1.165) is 45.6 Å². The highest BCUT2D eigenvalue weighted by atomic mass is 16.5. The molecule has 3 unspecified atom stereocenters. The van der Waals surface area contributed by atoms with Gasteiger partial charge in [-0.15, -0.1) is 0 Å². The van der Waals surface area contributed by atoms with Gasteiger partial charge in [0, 0.05) is 13.1 Å². The summed E-state index contributed by atoms with van der Waals surface area (Å²) in [6, 6.07) is 0.348. The molecule has 0 aromatic heterocycles. The monoisotopic (exact) mass is 268 g/mol. The Morgan fingerprint density at radius 1 is 1.37 bits per heavy atom. The van der Waals surface area contributed by atoms with Gasteiger partial charge in [-0.25, -0.2) is 0 Å². The lowest BCUT2D eigenvalue weighted by Crippen LogP contribution is -2.49. The molecule has 0 spiro atoms. The van der Waals surface area contributed by atoms with Gasteiger partial charge in [0.2, 0.25) is 0 Å². The first-order valence-corrected chi connectivity index (χ1v) is 7.60. The molecule has 0 aromatic rings. The Bertz CT molecular complexity index is 317. The summed E-state index contributed by atoms with van der Waals surface area (Å²) in [6.45, 7) is 11.5. The second kappa shape index (κ2) is 6.57. The highest BCUT2D eigenvalue weighted by Crippen LogP contribution is 2.26. The minimum absolute atomic E-state index is 0.302. The third-order valence-electron chi connectivity index (χ3n) is 4.38. The molecule has 2 aliphatic heterocycles. The number of ether oxygens (including phenoxy) is 1. The summed E-state index contributed by atoms with van der Waals surface area (Å²) < 4.78 is 6.00. The molecule has 2 N–H and O–H groups in total. The lowest BCUT2D eigenvalue weighted by atomic mass is 10.1. The topological polar surface area (TPSA) is 54.1 Å². The van der Waals surface area contributed by atoms with Crippen LogP contribution in [0.5, 0.6) is 0 Å². The average Bonchev–Trinajstić information content (AvgIpc) is 2.98. The van der Waals surface area contributed by atoms with Crippen LogP contribution in [0.3, 0.4) is 0 Å². The number of rotatable bonds is 6. The molecule has 2 rings (SSSR count). The van der Waals surface area contributed by atoms with Gasteiger partial charge in [-0.2, -0.15) is 0 Å². The standard InChI is InChI=1S/C14H28N4O/c1-4-17(5-2)8-9-18-12(10-16-14(18)15)13-7-6-11(3)19-13/h11-13H,4-10H2,1-3H3,(H2,15,16). The van der Waals surface area contributed by atoms with Gasteiger partial charge in [0.15, 0.2) is 5.96 Å². The summed E-state index contributed by atoms with van der Waals surface area (Å²) in [7, 11) is 0. The van der Waals surface area contributed by atoms with Crippen molar-refractivity contribution in [2.24, 2.45) is 10.7 Å². The van der Waals surface area contributed by atoms with Crippen molar-refractivity contribution in [1.82, 2.24) is 9.80 Å². The number of aliphatic imine (C=N–C) groups is 1. The summed E-state index contributed by atoms with van der Waals surface area (Å²) in [6.07, 6.45) is 2.98. The van der Waals surface area contributed by atoms with Crippen molar-refractivity contribution in [3.05, 3.63) is 0 Å². The summed E-state index contributed by atoms with van der Waals surface area (Å²) in [4.78, 5) is 9.09. The third-order valence-corrected chi connectivity index (χ3v) is 4.38. The molecular weight excluding hydrogens is 240 g/mol. The summed E-state index contributed by atoms with van der Waals surface area (Å²) >= 11 is 0. The van der Waals surface area contributed by atoms with Gasteiger partial charge in [-0.1, -0.05) is 13.8 Å². The molecule has 5 heteroatoms. The Kier molecular flexibility index (Phi) is 5.05. The van der Waals surface area contributed by atoms with Crippen LogP contribution < -0.4 is 5.73 Å². The van der Waals surface area contributed by atoms with Gasteiger partial charge < -0.3 is 20.3 Å². The molecule has 0 saturated carbocycles. The molecule has 0 radical (unpaired) electrons. The second-order valence-electron chi connectivity index (χ2n) is 5.55. The van der Waals surface area contributed by atoms with Crippen LogP contribution in [-0.2, 0) is 4.74 Å². The molecule has 0 amide bonds. The maximum absolute atomic E-state index is 6.04. The number of guanidine groups is 1. The molecule has 110 valence electrons. The first kappa shape index (κ1) is 14.6. The van der Waals surface area contributed by atoms with Crippen LogP contribution in [0.1, 0.15) is 33.6 Å². The van der Waals surface area contributed by atoms with Crippen molar-refractivity contribution in [1.29, 1.82) is 0 Å². The summed E-state index contributed by atoms with van der Waals surface area (Å²) in [5.41, 5.74) is 6.04. The Morgan fingerprint density at radius 3 is 2.68 bits per heavy atom.